The van der Waals surface area contributed by atoms with E-state index in [0.717, 1.165) is 0 Å². The van der Waals surface area contributed by atoms with Crippen molar-refractivity contribution in [1.82, 2.24) is 4.98 Å². The summed E-state index contributed by atoms with van der Waals surface area (Å²) in [6.07, 6.45) is 3.94. The fourth-order valence-electron chi connectivity index (χ4n) is 1.08. The second-order valence-corrected chi connectivity index (χ2v) is 10.8. The van der Waals surface area contributed by atoms with Gasteiger partial charge in [0.05, 0.1) is 0 Å². The molecule has 0 unspecified atom stereocenters. The van der Waals surface area contributed by atoms with Crippen LogP contribution in [0.25, 0.3) is 0 Å². The van der Waals surface area contributed by atoms with E-state index in [9.17, 15) is 0 Å². The van der Waals surface area contributed by atoms with Gasteiger partial charge in [0.25, 0.3) is 0 Å². The topological polar surface area (TPSA) is 12.9 Å². The van der Waals surface area contributed by atoms with Crippen LogP contribution in [0.15, 0.2) is 18.5 Å². The van der Waals surface area contributed by atoms with E-state index in [1.807, 2.05) is 12.4 Å². The zero-order valence-corrected chi connectivity index (χ0v) is 11.7. The van der Waals surface area contributed by atoms with Crippen molar-refractivity contribution in [2.24, 2.45) is 0 Å². The fraction of sp³-hybridized carbons (Fsp3) is 0.545. The fourth-order valence-corrected chi connectivity index (χ4v) is 3.73. The van der Waals surface area contributed by atoms with Crippen molar-refractivity contribution in [1.29, 1.82) is 0 Å². The minimum absolute atomic E-state index is 0.279. The summed E-state index contributed by atoms with van der Waals surface area (Å²) in [5, 5.41) is 0. The van der Waals surface area contributed by atoms with Crippen LogP contribution >= 0.6 is 0 Å². The molecule has 0 aliphatic carbocycles. The second-order valence-electron chi connectivity index (χ2n) is 4.47. The van der Waals surface area contributed by atoms with Crippen molar-refractivity contribution in [2.45, 2.75) is 35.6 Å². The molecule has 0 saturated heterocycles. The molecule has 1 aromatic rings. The van der Waals surface area contributed by atoms with Gasteiger partial charge in [-0.3, -0.25) is 0 Å². The number of rotatable bonds is 2. The molecule has 0 aromatic carbocycles. The van der Waals surface area contributed by atoms with Gasteiger partial charge in [0.1, 0.15) is 0 Å². The van der Waals surface area contributed by atoms with E-state index in [1.54, 1.807) is 0 Å². The van der Waals surface area contributed by atoms with Crippen molar-refractivity contribution in [3.63, 3.8) is 0 Å². The van der Waals surface area contributed by atoms with E-state index in [4.69, 9.17) is 0 Å². The molecular formula is C11H17NSn. The Labute approximate surface area is 91.2 Å². The predicted molar refractivity (Wildman–Crippen MR) is 58.1 cm³/mol. The molecule has 1 rings (SSSR count). The first-order chi connectivity index (χ1) is 5.97. The number of aryl methyl sites for hydroxylation is 1. The van der Waals surface area contributed by atoms with E-state index >= 15 is 0 Å². The minimum atomic E-state index is -0.279. The molecule has 0 saturated carbocycles. The molecule has 0 atom stereocenters. The molecule has 2 radical (unpaired) electrons. The molecule has 2 heteroatoms. The summed E-state index contributed by atoms with van der Waals surface area (Å²) in [4.78, 5) is 4.21. The Kier molecular flexibility index (Phi) is 3.77. The summed E-state index contributed by atoms with van der Waals surface area (Å²) < 4.78 is 1.90. The van der Waals surface area contributed by atoms with Gasteiger partial charge in [-0.1, -0.05) is 0 Å². The van der Waals surface area contributed by atoms with Gasteiger partial charge < -0.3 is 0 Å². The van der Waals surface area contributed by atoms with Crippen LogP contribution in [-0.4, -0.2) is 26.1 Å². The first kappa shape index (κ1) is 11.0. The molecule has 0 spiro atoms. The van der Waals surface area contributed by atoms with E-state index in [-0.39, 0.29) is 21.1 Å². The molecule has 13 heavy (non-hydrogen) atoms. The van der Waals surface area contributed by atoms with Crippen LogP contribution in [0.4, 0.5) is 0 Å². The van der Waals surface area contributed by atoms with Crippen molar-refractivity contribution in [3.05, 3.63) is 29.6 Å². The average Bonchev–Trinajstić information content (AvgIpc) is 2.00. The Hall–Kier alpha value is -0.0513. The van der Waals surface area contributed by atoms with E-state index < -0.39 is 0 Å². The molecule has 0 bridgehead atoms. The Balaban J connectivity index is 2.55. The third-order valence-electron chi connectivity index (χ3n) is 1.75. The monoisotopic (exact) mass is 283 g/mol. The number of aromatic nitrogens is 1. The number of pyridine rings is 1. The number of hydrogen-bond acceptors (Lipinski definition) is 1. The van der Waals surface area contributed by atoms with Crippen LogP contribution in [0, 0.1) is 6.92 Å². The standard InChI is InChI=1S/C7H8N.C4H9.Sn/c1-6-3-7(2)5-8-4-6;1-4(2)3;/h3-5H,1H2,2H3;1-3H3;. The summed E-state index contributed by atoms with van der Waals surface area (Å²) >= 11 is -0.279. The Morgan fingerprint density at radius 1 is 1.31 bits per heavy atom. The molecule has 1 nitrogen and oxygen atoms in total. The van der Waals surface area contributed by atoms with Gasteiger partial charge in [0.2, 0.25) is 0 Å². The summed E-state index contributed by atoms with van der Waals surface area (Å²) in [6, 6.07) is 2.26. The Bertz CT molecular complexity index is 276. The molecule has 70 valence electrons. The van der Waals surface area contributed by atoms with Crippen LogP contribution in [0.3, 0.4) is 0 Å². The van der Waals surface area contributed by atoms with E-state index in [2.05, 4.69) is 38.7 Å². The van der Waals surface area contributed by atoms with Crippen molar-refractivity contribution >= 4 is 21.1 Å². The maximum absolute atomic E-state index is 4.21. The zero-order chi connectivity index (χ0) is 9.90. The third-order valence-corrected chi connectivity index (χ3v) is 6.45. The number of nitrogens with zero attached hydrogens (tertiary/aromatic N) is 1. The first-order valence-corrected chi connectivity index (χ1v) is 8.07. The van der Waals surface area contributed by atoms with Gasteiger partial charge in [-0.2, -0.15) is 0 Å². The molecule has 0 N–H and O–H groups in total. The van der Waals surface area contributed by atoms with Gasteiger partial charge in [-0.05, 0) is 0 Å². The third kappa shape index (κ3) is 4.65. The van der Waals surface area contributed by atoms with E-state index in [1.165, 1.54) is 15.6 Å². The van der Waals surface area contributed by atoms with E-state index in [0.29, 0.717) is 3.43 Å². The predicted octanol–water partition coefficient (Wildman–Crippen LogP) is 2.81. The molecule has 0 amide bonds. The molecule has 0 aliphatic rings. The van der Waals surface area contributed by atoms with Gasteiger partial charge in [0.15, 0.2) is 0 Å². The van der Waals surface area contributed by atoms with Gasteiger partial charge in [0, 0.05) is 0 Å². The van der Waals surface area contributed by atoms with Crippen LogP contribution < -0.4 is 0 Å². The summed E-state index contributed by atoms with van der Waals surface area (Å²) in [5.74, 6) is 0. The van der Waals surface area contributed by atoms with Crippen molar-refractivity contribution in [2.75, 3.05) is 0 Å². The van der Waals surface area contributed by atoms with Gasteiger partial charge >= 0.3 is 91.3 Å². The molecular weight excluding hydrogens is 265 g/mol. The Morgan fingerprint density at radius 2 is 2.00 bits per heavy atom. The Morgan fingerprint density at radius 3 is 2.54 bits per heavy atom. The van der Waals surface area contributed by atoms with Crippen LogP contribution in [0.1, 0.15) is 31.9 Å². The molecule has 0 aliphatic heterocycles. The van der Waals surface area contributed by atoms with Crippen LogP contribution in [-0.2, 0) is 4.44 Å². The maximum atomic E-state index is 4.21. The van der Waals surface area contributed by atoms with Gasteiger partial charge in [-0.25, -0.2) is 0 Å². The zero-order valence-electron chi connectivity index (χ0n) is 8.89. The van der Waals surface area contributed by atoms with Crippen LogP contribution in [0.2, 0.25) is 3.43 Å². The van der Waals surface area contributed by atoms with Gasteiger partial charge in [-0.15, -0.1) is 0 Å². The molecule has 0 fully saturated rings. The molecule has 1 aromatic heterocycles. The second kappa shape index (κ2) is 4.45. The normalized spacial score (nSPS) is 11.7. The average molecular weight is 282 g/mol. The summed E-state index contributed by atoms with van der Waals surface area (Å²) in [5.41, 5.74) is 2.72. The summed E-state index contributed by atoms with van der Waals surface area (Å²) in [7, 11) is 0. The van der Waals surface area contributed by atoms with Crippen molar-refractivity contribution in [3.8, 4) is 0 Å². The summed E-state index contributed by atoms with van der Waals surface area (Å²) in [6.45, 7) is 9.16. The SMILES string of the molecule is Cc1cncc([CH2][Sn][C](C)(C)C)c1. The van der Waals surface area contributed by atoms with Crippen molar-refractivity contribution < 1.29 is 0 Å². The quantitative estimate of drug-likeness (QED) is 0.760. The van der Waals surface area contributed by atoms with Crippen LogP contribution in [0.5, 0.6) is 0 Å². The number of hydrogen-bond donors (Lipinski definition) is 0. The molecule has 1 heterocycles. The first-order valence-electron chi connectivity index (χ1n) is 4.63.